The Labute approximate surface area is 121 Å². The third-order valence-electron chi connectivity index (χ3n) is 2.74. The van der Waals surface area contributed by atoms with Crippen LogP contribution in [0, 0.1) is 6.92 Å². The molecule has 0 saturated heterocycles. The normalized spacial score (nSPS) is 11.9. The van der Waals surface area contributed by atoms with E-state index >= 15 is 0 Å². The molecular formula is C11H17N5O2S2. The van der Waals surface area contributed by atoms with E-state index in [2.05, 4.69) is 14.8 Å². The van der Waals surface area contributed by atoms with Crippen molar-refractivity contribution in [2.45, 2.75) is 24.1 Å². The zero-order valence-corrected chi connectivity index (χ0v) is 13.0. The maximum Gasteiger partial charge on any atom is 0.250 e. The molecule has 2 aromatic rings. The average molecular weight is 315 g/mol. The van der Waals surface area contributed by atoms with Gasteiger partial charge in [0.05, 0.1) is 0 Å². The molecule has 0 spiro atoms. The topological polar surface area (TPSA) is 103 Å². The third kappa shape index (κ3) is 3.42. The summed E-state index contributed by atoms with van der Waals surface area (Å²) in [5.74, 6) is 0.611. The molecule has 3 N–H and O–H groups in total. The van der Waals surface area contributed by atoms with E-state index in [9.17, 15) is 8.42 Å². The standard InChI is InChI=1S/C11H17N5O2S2/c1-8-5-11(19-9(8)6-12)20(17,18)14-4-3-10-13-7-16(2)15-10/h5,7,14H,3-4,6,12H2,1-2H3. The Hall–Kier alpha value is -1.29. The van der Waals surface area contributed by atoms with Gasteiger partial charge in [-0.05, 0) is 18.6 Å². The Kier molecular flexibility index (Phi) is 4.53. The molecule has 20 heavy (non-hydrogen) atoms. The van der Waals surface area contributed by atoms with Crippen molar-refractivity contribution in [2.24, 2.45) is 12.8 Å². The summed E-state index contributed by atoms with van der Waals surface area (Å²) >= 11 is 1.21. The fourth-order valence-electron chi connectivity index (χ4n) is 1.69. The Morgan fingerprint density at radius 3 is 2.80 bits per heavy atom. The van der Waals surface area contributed by atoms with Crippen LogP contribution in [0.2, 0.25) is 0 Å². The van der Waals surface area contributed by atoms with Gasteiger partial charge in [0.1, 0.15) is 10.5 Å². The molecule has 0 amide bonds. The second-order valence-corrected chi connectivity index (χ2v) is 7.49. The molecule has 0 atom stereocenters. The molecule has 0 bridgehead atoms. The van der Waals surface area contributed by atoms with Crippen LogP contribution in [0.4, 0.5) is 0 Å². The lowest BCUT2D eigenvalue weighted by Gasteiger charge is -2.02. The average Bonchev–Trinajstić information content (AvgIpc) is 2.95. The maximum atomic E-state index is 12.1. The first kappa shape index (κ1) is 15.1. The molecule has 7 nitrogen and oxygen atoms in total. The van der Waals surface area contributed by atoms with Gasteiger partial charge in [-0.2, -0.15) is 5.10 Å². The number of aromatic nitrogens is 3. The van der Waals surface area contributed by atoms with Gasteiger partial charge in [-0.3, -0.25) is 4.68 Å². The van der Waals surface area contributed by atoms with Crippen LogP contribution in [0.15, 0.2) is 16.6 Å². The van der Waals surface area contributed by atoms with Crippen LogP contribution in [-0.2, 0) is 30.0 Å². The summed E-state index contributed by atoms with van der Waals surface area (Å²) in [4.78, 5) is 4.93. The van der Waals surface area contributed by atoms with Crippen LogP contribution >= 0.6 is 11.3 Å². The molecule has 2 aromatic heterocycles. The molecule has 0 aliphatic rings. The number of thiophene rings is 1. The van der Waals surface area contributed by atoms with E-state index in [1.165, 1.54) is 11.3 Å². The predicted molar refractivity (Wildman–Crippen MR) is 76.8 cm³/mol. The monoisotopic (exact) mass is 315 g/mol. The number of hydrogen-bond acceptors (Lipinski definition) is 6. The van der Waals surface area contributed by atoms with Gasteiger partial charge in [-0.15, -0.1) is 11.3 Å². The molecule has 0 aliphatic heterocycles. The summed E-state index contributed by atoms with van der Waals surface area (Å²) in [5, 5.41) is 4.09. The van der Waals surface area contributed by atoms with Crippen molar-refractivity contribution in [2.75, 3.05) is 6.54 Å². The molecule has 110 valence electrons. The summed E-state index contributed by atoms with van der Waals surface area (Å²) < 4.78 is 28.7. The summed E-state index contributed by atoms with van der Waals surface area (Å²) in [5.41, 5.74) is 6.47. The quantitative estimate of drug-likeness (QED) is 0.790. The second kappa shape index (κ2) is 6.00. The van der Waals surface area contributed by atoms with Crippen molar-refractivity contribution in [1.82, 2.24) is 19.5 Å². The van der Waals surface area contributed by atoms with Gasteiger partial charge >= 0.3 is 0 Å². The molecule has 2 rings (SSSR count). The molecule has 0 aromatic carbocycles. The smallest absolute Gasteiger partial charge is 0.250 e. The van der Waals surface area contributed by atoms with Gasteiger partial charge in [-0.1, -0.05) is 0 Å². The Balaban J connectivity index is 2.00. The van der Waals surface area contributed by atoms with Crippen LogP contribution < -0.4 is 10.5 Å². The van der Waals surface area contributed by atoms with E-state index in [1.807, 2.05) is 6.92 Å². The van der Waals surface area contributed by atoms with Crippen LogP contribution in [0.1, 0.15) is 16.3 Å². The van der Waals surface area contributed by atoms with Gasteiger partial charge in [0.2, 0.25) is 10.0 Å². The minimum atomic E-state index is -3.48. The van der Waals surface area contributed by atoms with Crippen molar-refractivity contribution < 1.29 is 8.42 Å². The highest BCUT2D eigenvalue weighted by Crippen LogP contribution is 2.25. The van der Waals surface area contributed by atoms with E-state index in [0.29, 0.717) is 23.0 Å². The lowest BCUT2D eigenvalue weighted by atomic mass is 10.3. The molecule has 0 radical (unpaired) electrons. The van der Waals surface area contributed by atoms with E-state index < -0.39 is 10.0 Å². The zero-order valence-electron chi connectivity index (χ0n) is 11.3. The van der Waals surface area contributed by atoms with Gasteiger partial charge in [0.15, 0.2) is 5.82 Å². The highest BCUT2D eigenvalue weighted by molar-refractivity contribution is 7.91. The number of hydrogen-bond donors (Lipinski definition) is 2. The molecule has 0 saturated carbocycles. The number of nitrogens with two attached hydrogens (primary N) is 1. The lowest BCUT2D eigenvalue weighted by molar-refractivity contribution is 0.582. The zero-order chi connectivity index (χ0) is 14.8. The first-order valence-corrected chi connectivity index (χ1v) is 8.36. The maximum absolute atomic E-state index is 12.1. The Morgan fingerprint density at radius 2 is 2.25 bits per heavy atom. The second-order valence-electron chi connectivity index (χ2n) is 4.36. The number of sulfonamides is 1. The van der Waals surface area contributed by atoms with E-state index in [-0.39, 0.29) is 6.54 Å². The fraction of sp³-hybridized carbons (Fsp3) is 0.455. The molecule has 9 heteroatoms. The summed E-state index contributed by atoms with van der Waals surface area (Å²) in [6.45, 7) is 2.47. The van der Waals surface area contributed by atoms with Crippen LogP contribution in [-0.4, -0.2) is 29.7 Å². The minimum absolute atomic E-state index is 0.265. The van der Waals surface area contributed by atoms with E-state index in [0.717, 1.165) is 10.4 Å². The number of nitrogens with zero attached hydrogens (tertiary/aromatic N) is 3. The summed E-state index contributed by atoms with van der Waals surface area (Å²) in [6.07, 6.45) is 2.04. The molecular weight excluding hydrogens is 298 g/mol. The van der Waals surface area contributed by atoms with Crippen molar-refractivity contribution in [3.63, 3.8) is 0 Å². The molecule has 2 heterocycles. The van der Waals surface area contributed by atoms with Crippen LogP contribution in [0.5, 0.6) is 0 Å². The minimum Gasteiger partial charge on any atom is -0.326 e. The highest BCUT2D eigenvalue weighted by atomic mass is 32.2. The Bertz CT molecular complexity index is 689. The number of nitrogens with one attached hydrogen (secondary N) is 1. The van der Waals surface area contributed by atoms with Crippen LogP contribution in [0.25, 0.3) is 0 Å². The van der Waals surface area contributed by atoms with E-state index in [1.54, 1.807) is 24.1 Å². The number of aryl methyl sites for hydroxylation is 2. The fourth-order valence-corrected chi connectivity index (χ4v) is 4.23. The first-order valence-electron chi connectivity index (χ1n) is 6.06. The van der Waals surface area contributed by atoms with Gasteiger partial charge in [0, 0.05) is 31.4 Å². The molecule has 0 fully saturated rings. The van der Waals surface area contributed by atoms with Crippen LogP contribution in [0.3, 0.4) is 0 Å². The third-order valence-corrected chi connectivity index (χ3v) is 5.93. The summed E-state index contributed by atoms with van der Waals surface area (Å²) in [7, 11) is -1.72. The van der Waals surface area contributed by atoms with E-state index in [4.69, 9.17) is 5.73 Å². The van der Waals surface area contributed by atoms with Crippen molar-refractivity contribution in [3.05, 3.63) is 28.7 Å². The van der Waals surface area contributed by atoms with Gasteiger partial charge in [0.25, 0.3) is 0 Å². The summed E-state index contributed by atoms with van der Waals surface area (Å²) in [6, 6.07) is 1.65. The lowest BCUT2D eigenvalue weighted by Crippen LogP contribution is -2.25. The first-order chi connectivity index (χ1) is 9.42. The van der Waals surface area contributed by atoms with Crippen molar-refractivity contribution >= 4 is 21.4 Å². The molecule has 0 aliphatic carbocycles. The number of rotatable bonds is 6. The van der Waals surface area contributed by atoms with Gasteiger partial charge in [-0.25, -0.2) is 18.1 Å². The largest absolute Gasteiger partial charge is 0.326 e. The van der Waals surface area contributed by atoms with Gasteiger partial charge < -0.3 is 5.73 Å². The molecule has 0 unspecified atom stereocenters. The Morgan fingerprint density at radius 1 is 1.50 bits per heavy atom. The SMILES string of the molecule is Cc1cc(S(=O)(=O)NCCc2ncn(C)n2)sc1CN. The van der Waals surface area contributed by atoms with Crippen molar-refractivity contribution in [3.8, 4) is 0 Å². The predicted octanol–water partition coefficient (Wildman–Crippen LogP) is 0.165. The van der Waals surface area contributed by atoms with Crippen molar-refractivity contribution in [1.29, 1.82) is 0 Å². The highest BCUT2D eigenvalue weighted by Gasteiger charge is 2.18.